The Morgan fingerprint density at radius 3 is 2.53 bits per heavy atom. The van der Waals surface area contributed by atoms with Gasteiger partial charge in [0.25, 0.3) is 0 Å². The average molecular weight is 205 g/mol. The van der Waals surface area contributed by atoms with E-state index in [9.17, 15) is 0 Å². The fourth-order valence-electron chi connectivity index (χ4n) is 1.23. The molecule has 1 N–H and O–H groups in total. The maximum atomic E-state index is 5.51. The van der Waals surface area contributed by atoms with Gasteiger partial charge in [-0.3, -0.25) is 0 Å². The maximum Gasteiger partial charge on any atom is 0.119 e. The van der Waals surface area contributed by atoms with Crippen molar-refractivity contribution in [2.45, 2.75) is 13.3 Å². The van der Waals surface area contributed by atoms with Crippen molar-refractivity contribution in [3.05, 3.63) is 42.0 Å². The molecule has 0 saturated carbocycles. The van der Waals surface area contributed by atoms with Crippen LogP contribution < -0.4 is 10.1 Å². The van der Waals surface area contributed by atoms with Crippen LogP contribution in [0.5, 0.6) is 5.75 Å². The molecule has 1 aromatic carbocycles. The van der Waals surface area contributed by atoms with E-state index in [-0.39, 0.29) is 0 Å². The molecule has 0 atom stereocenters. The van der Waals surface area contributed by atoms with E-state index in [2.05, 4.69) is 24.0 Å². The predicted molar refractivity (Wildman–Crippen MR) is 64.4 cm³/mol. The molecule has 0 saturated heterocycles. The molecule has 15 heavy (non-hydrogen) atoms. The van der Waals surface area contributed by atoms with Gasteiger partial charge >= 0.3 is 0 Å². The quantitative estimate of drug-likeness (QED) is 0.720. The number of likely N-dealkylation sites (N-methyl/N-ethyl adjacent to an activating group) is 1. The third-order valence-corrected chi connectivity index (χ3v) is 2.07. The molecule has 0 amide bonds. The van der Waals surface area contributed by atoms with Crippen LogP contribution in [0.4, 0.5) is 0 Å². The minimum absolute atomic E-state index is 0.593. The molecule has 1 aromatic rings. The normalized spacial score (nSPS) is 10.0. The van der Waals surface area contributed by atoms with E-state index >= 15 is 0 Å². The Balaban J connectivity index is 2.45. The minimum Gasteiger partial charge on any atom is -0.489 e. The SMILES string of the molecule is C=C(C)COc1ccc(CCNC)cc1. The fraction of sp³-hybridized carbons (Fsp3) is 0.385. The molecule has 0 spiro atoms. The van der Waals surface area contributed by atoms with Crippen molar-refractivity contribution in [1.82, 2.24) is 5.32 Å². The van der Waals surface area contributed by atoms with Crippen molar-refractivity contribution in [2.75, 3.05) is 20.2 Å². The first-order valence-electron chi connectivity index (χ1n) is 5.23. The van der Waals surface area contributed by atoms with Crippen molar-refractivity contribution >= 4 is 0 Å². The topological polar surface area (TPSA) is 21.3 Å². The predicted octanol–water partition coefficient (Wildman–Crippen LogP) is 2.40. The van der Waals surface area contributed by atoms with E-state index in [4.69, 9.17) is 4.74 Å². The van der Waals surface area contributed by atoms with Crippen LogP contribution in [0.2, 0.25) is 0 Å². The van der Waals surface area contributed by atoms with Gasteiger partial charge in [-0.15, -0.1) is 0 Å². The zero-order valence-electron chi connectivity index (χ0n) is 9.55. The van der Waals surface area contributed by atoms with Crippen LogP contribution in [-0.2, 0) is 6.42 Å². The van der Waals surface area contributed by atoms with Crippen LogP contribution in [0, 0.1) is 0 Å². The molecule has 0 heterocycles. The summed E-state index contributed by atoms with van der Waals surface area (Å²) >= 11 is 0. The van der Waals surface area contributed by atoms with Crippen LogP contribution in [0.25, 0.3) is 0 Å². The first kappa shape index (κ1) is 11.8. The minimum atomic E-state index is 0.593. The third-order valence-electron chi connectivity index (χ3n) is 2.07. The van der Waals surface area contributed by atoms with Gasteiger partial charge in [0.1, 0.15) is 12.4 Å². The molecular formula is C13H19NO. The van der Waals surface area contributed by atoms with Crippen molar-refractivity contribution in [2.24, 2.45) is 0 Å². The molecular weight excluding hydrogens is 186 g/mol. The second-order valence-electron chi connectivity index (χ2n) is 3.74. The van der Waals surface area contributed by atoms with E-state index in [1.54, 1.807) is 0 Å². The standard InChI is InChI=1S/C13H19NO/c1-11(2)10-15-13-6-4-12(5-7-13)8-9-14-3/h4-7,14H,1,8-10H2,2-3H3. The maximum absolute atomic E-state index is 5.51. The molecule has 2 heteroatoms. The summed E-state index contributed by atoms with van der Waals surface area (Å²) in [6.07, 6.45) is 1.05. The number of benzene rings is 1. The largest absolute Gasteiger partial charge is 0.489 e. The Kier molecular flexibility index (Phi) is 4.91. The average Bonchev–Trinajstić information content (AvgIpc) is 2.25. The molecule has 0 aromatic heterocycles. The van der Waals surface area contributed by atoms with Gasteiger partial charge in [0.2, 0.25) is 0 Å². The molecule has 0 aliphatic rings. The summed E-state index contributed by atoms with van der Waals surface area (Å²) in [5.74, 6) is 0.909. The molecule has 1 rings (SSSR count). The molecule has 0 aliphatic heterocycles. The Bertz CT molecular complexity index is 303. The smallest absolute Gasteiger partial charge is 0.119 e. The molecule has 82 valence electrons. The van der Waals surface area contributed by atoms with Gasteiger partial charge in [-0.25, -0.2) is 0 Å². The lowest BCUT2D eigenvalue weighted by Crippen LogP contribution is -2.10. The van der Waals surface area contributed by atoms with E-state index < -0.39 is 0 Å². The van der Waals surface area contributed by atoms with Crippen molar-refractivity contribution < 1.29 is 4.74 Å². The molecule has 2 nitrogen and oxygen atoms in total. The molecule has 0 fully saturated rings. The summed E-state index contributed by atoms with van der Waals surface area (Å²) in [6.45, 7) is 7.35. The summed E-state index contributed by atoms with van der Waals surface area (Å²) in [5, 5.41) is 3.13. The summed E-state index contributed by atoms with van der Waals surface area (Å²) < 4.78 is 5.51. The first-order chi connectivity index (χ1) is 7.22. The van der Waals surface area contributed by atoms with Crippen LogP contribution in [0.15, 0.2) is 36.4 Å². The zero-order chi connectivity index (χ0) is 11.1. The molecule has 0 bridgehead atoms. The van der Waals surface area contributed by atoms with Crippen molar-refractivity contribution in [1.29, 1.82) is 0 Å². The number of hydrogen-bond donors (Lipinski definition) is 1. The summed E-state index contributed by atoms with van der Waals surface area (Å²) in [4.78, 5) is 0. The van der Waals surface area contributed by atoms with Gasteiger partial charge in [0, 0.05) is 0 Å². The number of ether oxygens (including phenoxy) is 1. The fourth-order valence-corrected chi connectivity index (χ4v) is 1.23. The summed E-state index contributed by atoms with van der Waals surface area (Å²) in [6, 6.07) is 8.22. The zero-order valence-corrected chi connectivity index (χ0v) is 9.55. The highest BCUT2D eigenvalue weighted by Gasteiger charge is 1.95. The highest BCUT2D eigenvalue weighted by atomic mass is 16.5. The van der Waals surface area contributed by atoms with Crippen LogP contribution in [-0.4, -0.2) is 20.2 Å². The molecule has 0 radical (unpaired) electrons. The van der Waals surface area contributed by atoms with Crippen molar-refractivity contribution in [3.8, 4) is 5.75 Å². The van der Waals surface area contributed by atoms with Gasteiger partial charge in [-0.2, -0.15) is 0 Å². The van der Waals surface area contributed by atoms with E-state index in [1.807, 2.05) is 26.1 Å². The highest BCUT2D eigenvalue weighted by Crippen LogP contribution is 2.13. The lowest BCUT2D eigenvalue weighted by molar-refractivity contribution is 0.352. The van der Waals surface area contributed by atoms with Crippen LogP contribution >= 0.6 is 0 Å². The summed E-state index contributed by atoms with van der Waals surface area (Å²) in [7, 11) is 1.96. The van der Waals surface area contributed by atoms with E-state index in [0.717, 1.165) is 24.3 Å². The number of nitrogens with one attached hydrogen (secondary N) is 1. The monoisotopic (exact) mass is 205 g/mol. The Morgan fingerprint density at radius 2 is 2.00 bits per heavy atom. The molecule has 0 unspecified atom stereocenters. The van der Waals surface area contributed by atoms with Gasteiger partial charge in [-0.05, 0) is 50.2 Å². The Labute approximate surface area is 92.0 Å². The third kappa shape index (κ3) is 4.66. The number of hydrogen-bond acceptors (Lipinski definition) is 2. The Hall–Kier alpha value is -1.28. The Morgan fingerprint density at radius 1 is 1.33 bits per heavy atom. The van der Waals surface area contributed by atoms with E-state index in [1.165, 1.54) is 5.56 Å². The van der Waals surface area contributed by atoms with E-state index in [0.29, 0.717) is 6.61 Å². The first-order valence-corrected chi connectivity index (χ1v) is 5.23. The lowest BCUT2D eigenvalue weighted by Gasteiger charge is -2.06. The summed E-state index contributed by atoms with van der Waals surface area (Å²) in [5.41, 5.74) is 2.36. The van der Waals surface area contributed by atoms with Gasteiger partial charge in [-0.1, -0.05) is 18.7 Å². The number of rotatable bonds is 6. The van der Waals surface area contributed by atoms with Gasteiger partial charge in [0.15, 0.2) is 0 Å². The second kappa shape index (κ2) is 6.25. The van der Waals surface area contributed by atoms with Crippen LogP contribution in [0.3, 0.4) is 0 Å². The van der Waals surface area contributed by atoms with Crippen LogP contribution in [0.1, 0.15) is 12.5 Å². The van der Waals surface area contributed by atoms with Gasteiger partial charge in [0.05, 0.1) is 0 Å². The molecule has 0 aliphatic carbocycles. The second-order valence-corrected chi connectivity index (χ2v) is 3.74. The van der Waals surface area contributed by atoms with Gasteiger partial charge < -0.3 is 10.1 Å². The lowest BCUT2D eigenvalue weighted by atomic mass is 10.1. The van der Waals surface area contributed by atoms with Crippen molar-refractivity contribution in [3.63, 3.8) is 0 Å². The highest BCUT2D eigenvalue weighted by molar-refractivity contribution is 5.27.